The van der Waals surface area contributed by atoms with Crippen LogP contribution in [0.5, 0.6) is 0 Å². The van der Waals surface area contributed by atoms with Crippen molar-refractivity contribution >= 4 is 16.8 Å². The Balaban J connectivity index is 1.30. The van der Waals surface area contributed by atoms with Gasteiger partial charge < -0.3 is 10.2 Å². The number of aromatic nitrogens is 2. The molecule has 0 unspecified atom stereocenters. The molecule has 1 saturated heterocycles. The number of likely N-dealkylation sites (tertiary alicyclic amines) is 1. The second-order valence-electron chi connectivity index (χ2n) is 7.32. The fourth-order valence-electron chi connectivity index (χ4n) is 3.92. The monoisotopic (exact) mass is 362 g/mol. The third-order valence-electron chi connectivity index (χ3n) is 5.31. The molecular formula is C22H26N4O. The first kappa shape index (κ1) is 17.7. The quantitative estimate of drug-likeness (QED) is 0.707. The second kappa shape index (κ2) is 8.35. The molecule has 0 spiro atoms. The fourth-order valence-corrected chi connectivity index (χ4v) is 3.92. The summed E-state index contributed by atoms with van der Waals surface area (Å²) < 4.78 is 0. The Morgan fingerprint density at radius 3 is 2.85 bits per heavy atom. The Labute approximate surface area is 159 Å². The van der Waals surface area contributed by atoms with Crippen LogP contribution in [-0.2, 0) is 6.42 Å². The summed E-state index contributed by atoms with van der Waals surface area (Å²) in [6.45, 7) is 3.11. The van der Waals surface area contributed by atoms with Gasteiger partial charge in [-0.2, -0.15) is 5.10 Å². The first-order valence-electron chi connectivity index (χ1n) is 9.80. The zero-order valence-corrected chi connectivity index (χ0v) is 15.5. The fraction of sp³-hybridized carbons (Fsp3) is 0.364. The number of para-hydroxylation sites is 1. The van der Waals surface area contributed by atoms with Crippen molar-refractivity contribution in [3.8, 4) is 0 Å². The van der Waals surface area contributed by atoms with Crippen LogP contribution in [-0.4, -0.2) is 46.7 Å². The average molecular weight is 362 g/mol. The van der Waals surface area contributed by atoms with E-state index in [1.807, 2.05) is 24.3 Å². The number of nitrogens with zero attached hydrogens (tertiary/aromatic N) is 2. The van der Waals surface area contributed by atoms with Crippen molar-refractivity contribution in [1.82, 2.24) is 20.4 Å². The zero-order chi connectivity index (χ0) is 18.5. The summed E-state index contributed by atoms with van der Waals surface area (Å²) in [6.07, 6.45) is 4.41. The van der Waals surface area contributed by atoms with Crippen LogP contribution in [0.3, 0.4) is 0 Å². The number of H-pyrrole nitrogens is 1. The third-order valence-corrected chi connectivity index (χ3v) is 5.31. The van der Waals surface area contributed by atoms with Crippen LogP contribution in [0, 0.1) is 0 Å². The van der Waals surface area contributed by atoms with E-state index >= 15 is 0 Å². The lowest BCUT2D eigenvalue weighted by atomic mass is 10.0. The lowest BCUT2D eigenvalue weighted by Gasteiger charge is -2.33. The number of amides is 1. The van der Waals surface area contributed by atoms with Gasteiger partial charge in [0.1, 0.15) is 0 Å². The minimum absolute atomic E-state index is 0.0800. The zero-order valence-electron chi connectivity index (χ0n) is 15.5. The molecule has 4 rings (SSSR count). The molecule has 5 nitrogen and oxygen atoms in total. The Hall–Kier alpha value is -2.66. The van der Waals surface area contributed by atoms with Crippen LogP contribution >= 0.6 is 0 Å². The minimum atomic E-state index is -0.0800. The van der Waals surface area contributed by atoms with Gasteiger partial charge in [0.05, 0.1) is 5.52 Å². The van der Waals surface area contributed by atoms with E-state index in [1.165, 1.54) is 5.56 Å². The molecule has 140 valence electrons. The summed E-state index contributed by atoms with van der Waals surface area (Å²) in [6, 6.07) is 18.6. The van der Waals surface area contributed by atoms with Crippen LogP contribution in [0.15, 0.2) is 54.6 Å². The van der Waals surface area contributed by atoms with Crippen molar-refractivity contribution in [3.63, 3.8) is 0 Å². The summed E-state index contributed by atoms with van der Waals surface area (Å²) in [7, 11) is 0. The van der Waals surface area contributed by atoms with Crippen molar-refractivity contribution in [2.24, 2.45) is 0 Å². The molecule has 0 radical (unpaired) electrons. The SMILES string of the molecule is O=C(N[C@H]1CCCN(CCCc2ccccc2)C1)c1n[nH]c2ccccc12. The van der Waals surface area contributed by atoms with Gasteiger partial charge in [0.25, 0.3) is 5.91 Å². The molecule has 1 atom stereocenters. The standard InChI is InChI=1S/C22H26N4O/c27-22(21-19-12-4-5-13-20(19)24-25-21)23-18-11-7-15-26(16-18)14-6-10-17-8-2-1-3-9-17/h1-5,8-9,12-13,18H,6-7,10-11,14-16H2,(H,23,27)(H,24,25)/t18-/m0/s1. The number of hydrogen-bond acceptors (Lipinski definition) is 3. The molecule has 0 aliphatic carbocycles. The Morgan fingerprint density at radius 1 is 1.15 bits per heavy atom. The number of fused-ring (bicyclic) bond motifs is 1. The normalized spacial score (nSPS) is 17.9. The highest BCUT2D eigenvalue weighted by molar-refractivity contribution is 6.04. The molecule has 0 saturated carbocycles. The lowest BCUT2D eigenvalue weighted by Crippen LogP contribution is -2.48. The van der Waals surface area contributed by atoms with Crippen molar-refractivity contribution in [2.45, 2.75) is 31.7 Å². The summed E-state index contributed by atoms with van der Waals surface area (Å²) >= 11 is 0. The van der Waals surface area contributed by atoms with Gasteiger partial charge in [-0.1, -0.05) is 48.5 Å². The van der Waals surface area contributed by atoms with E-state index in [0.29, 0.717) is 5.69 Å². The van der Waals surface area contributed by atoms with Crippen molar-refractivity contribution in [2.75, 3.05) is 19.6 Å². The van der Waals surface area contributed by atoms with E-state index in [1.54, 1.807) is 0 Å². The molecule has 2 N–H and O–H groups in total. The molecule has 1 amide bonds. The van der Waals surface area contributed by atoms with E-state index < -0.39 is 0 Å². The molecule has 5 heteroatoms. The molecule has 1 aliphatic rings. The van der Waals surface area contributed by atoms with E-state index in [2.05, 4.69) is 50.7 Å². The number of aromatic amines is 1. The van der Waals surface area contributed by atoms with Crippen molar-refractivity contribution in [3.05, 3.63) is 65.9 Å². The maximum absolute atomic E-state index is 12.7. The number of hydrogen-bond donors (Lipinski definition) is 2. The van der Waals surface area contributed by atoms with Crippen molar-refractivity contribution < 1.29 is 4.79 Å². The van der Waals surface area contributed by atoms with Crippen LogP contribution < -0.4 is 5.32 Å². The van der Waals surface area contributed by atoms with Gasteiger partial charge in [-0.25, -0.2) is 0 Å². The highest BCUT2D eigenvalue weighted by atomic mass is 16.2. The van der Waals surface area contributed by atoms with Gasteiger partial charge in [0.2, 0.25) is 0 Å². The molecule has 1 aromatic heterocycles. The predicted octanol–water partition coefficient (Wildman–Crippen LogP) is 3.39. The molecule has 3 aromatic rings. The average Bonchev–Trinajstić information content (AvgIpc) is 3.13. The first-order chi connectivity index (χ1) is 13.3. The molecular weight excluding hydrogens is 336 g/mol. The summed E-state index contributed by atoms with van der Waals surface area (Å²) in [5.41, 5.74) is 2.78. The highest BCUT2D eigenvalue weighted by Gasteiger charge is 2.23. The number of carbonyl (C=O) groups excluding carboxylic acids is 1. The van der Waals surface area contributed by atoms with Crippen LogP contribution in [0.1, 0.15) is 35.3 Å². The predicted molar refractivity (Wildman–Crippen MR) is 108 cm³/mol. The highest BCUT2D eigenvalue weighted by Crippen LogP contribution is 2.17. The molecule has 2 aromatic carbocycles. The van der Waals surface area contributed by atoms with E-state index in [0.717, 1.165) is 56.2 Å². The Morgan fingerprint density at radius 2 is 1.96 bits per heavy atom. The smallest absolute Gasteiger partial charge is 0.272 e. The van der Waals surface area contributed by atoms with Crippen LogP contribution in [0.4, 0.5) is 0 Å². The van der Waals surface area contributed by atoms with E-state index in [4.69, 9.17) is 0 Å². The number of benzene rings is 2. The van der Waals surface area contributed by atoms with E-state index in [-0.39, 0.29) is 11.9 Å². The first-order valence-corrected chi connectivity index (χ1v) is 9.80. The van der Waals surface area contributed by atoms with Gasteiger partial charge >= 0.3 is 0 Å². The van der Waals surface area contributed by atoms with Crippen LogP contribution in [0.2, 0.25) is 0 Å². The Bertz CT molecular complexity index is 889. The molecule has 1 aliphatic heterocycles. The van der Waals surface area contributed by atoms with Gasteiger partial charge in [0, 0.05) is 18.0 Å². The van der Waals surface area contributed by atoms with E-state index in [9.17, 15) is 4.79 Å². The van der Waals surface area contributed by atoms with Crippen LogP contribution in [0.25, 0.3) is 10.9 Å². The lowest BCUT2D eigenvalue weighted by molar-refractivity contribution is 0.0900. The van der Waals surface area contributed by atoms with Gasteiger partial charge in [-0.05, 0) is 50.4 Å². The molecule has 27 heavy (non-hydrogen) atoms. The largest absolute Gasteiger partial charge is 0.347 e. The van der Waals surface area contributed by atoms with Gasteiger partial charge in [-0.15, -0.1) is 0 Å². The summed E-state index contributed by atoms with van der Waals surface area (Å²) in [4.78, 5) is 15.2. The summed E-state index contributed by atoms with van der Waals surface area (Å²) in [5.74, 6) is -0.0800. The molecule has 0 bridgehead atoms. The number of aryl methyl sites for hydroxylation is 1. The molecule has 2 heterocycles. The number of piperidine rings is 1. The summed E-state index contributed by atoms with van der Waals surface area (Å²) in [5, 5.41) is 11.2. The molecule has 1 fully saturated rings. The maximum atomic E-state index is 12.7. The topological polar surface area (TPSA) is 61.0 Å². The maximum Gasteiger partial charge on any atom is 0.272 e. The number of nitrogens with one attached hydrogen (secondary N) is 2. The number of rotatable bonds is 6. The third kappa shape index (κ3) is 4.37. The van der Waals surface area contributed by atoms with Crippen molar-refractivity contribution in [1.29, 1.82) is 0 Å². The van der Waals surface area contributed by atoms with Gasteiger partial charge in [-0.3, -0.25) is 9.89 Å². The number of carbonyl (C=O) groups is 1. The Kier molecular flexibility index (Phi) is 5.49. The van der Waals surface area contributed by atoms with Gasteiger partial charge in [0.15, 0.2) is 5.69 Å². The second-order valence-corrected chi connectivity index (χ2v) is 7.32. The minimum Gasteiger partial charge on any atom is -0.347 e.